The molecule has 0 spiro atoms. The predicted molar refractivity (Wildman–Crippen MR) is 53.1 cm³/mol. The lowest BCUT2D eigenvalue weighted by molar-refractivity contribution is 0.129. The minimum absolute atomic E-state index is 0.0486. The Balaban J connectivity index is 2.77. The second kappa shape index (κ2) is 4.28. The average Bonchev–Trinajstić information content (AvgIpc) is 2.02. The molecule has 0 aliphatic carbocycles. The summed E-state index contributed by atoms with van der Waals surface area (Å²) in [6.07, 6.45) is -0.138. The van der Waals surface area contributed by atoms with Crippen LogP contribution in [0.3, 0.4) is 0 Å². The summed E-state index contributed by atoms with van der Waals surface area (Å²) >= 11 is 0. The van der Waals surface area contributed by atoms with Crippen molar-refractivity contribution in [3.63, 3.8) is 0 Å². The molecular weight excluding hydrogens is 164 g/mol. The van der Waals surface area contributed by atoms with Gasteiger partial charge in [0.1, 0.15) is 11.9 Å². The van der Waals surface area contributed by atoms with E-state index in [1.54, 1.807) is 0 Å². The van der Waals surface area contributed by atoms with Gasteiger partial charge in [0.05, 0.1) is 6.61 Å². The fourth-order valence-electron chi connectivity index (χ4n) is 1.27. The van der Waals surface area contributed by atoms with Crippen LogP contribution in [-0.4, -0.2) is 17.8 Å². The summed E-state index contributed by atoms with van der Waals surface area (Å²) in [7, 11) is 0. The molecule has 72 valence electrons. The Hall–Kier alpha value is -1.02. The fraction of sp³-hybridized carbons (Fsp3) is 0.455. The Labute approximate surface area is 79.2 Å². The maximum atomic E-state index is 8.81. The molecule has 0 saturated heterocycles. The number of hydrogen-bond acceptors (Lipinski definition) is 2. The lowest BCUT2D eigenvalue weighted by atomic mass is 10.1. The second-order valence-corrected chi connectivity index (χ2v) is 3.43. The molecule has 1 aromatic rings. The molecule has 0 amide bonds. The van der Waals surface area contributed by atoms with E-state index in [0.717, 1.165) is 5.75 Å². The second-order valence-electron chi connectivity index (χ2n) is 3.43. The van der Waals surface area contributed by atoms with Crippen molar-refractivity contribution in [1.29, 1.82) is 0 Å². The fourth-order valence-corrected chi connectivity index (χ4v) is 1.27. The number of aliphatic hydroxyl groups is 1. The van der Waals surface area contributed by atoms with E-state index < -0.39 is 0 Å². The van der Waals surface area contributed by atoms with Crippen molar-refractivity contribution in [3.05, 3.63) is 29.3 Å². The van der Waals surface area contributed by atoms with Gasteiger partial charge >= 0.3 is 0 Å². The minimum Gasteiger partial charge on any atom is -0.488 e. The first-order chi connectivity index (χ1) is 6.11. The standard InChI is InChI=1S/C11H16O2/c1-8-4-9(2)6-11(5-8)13-10(3)7-12/h4-6,10,12H,7H2,1-3H3/t10-/m1/s1. The van der Waals surface area contributed by atoms with Gasteiger partial charge in [-0.3, -0.25) is 0 Å². The van der Waals surface area contributed by atoms with Crippen LogP contribution in [0.15, 0.2) is 18.2 Å². The lowest BCUT2D eigenvalue weighted by Crippen LogP contribution is -2.16. The van der Waals surface area contributed by atoms with E-state index in [2.05, 4.69) is 6.07 Å². The quantitative estimate of drug-likeness (QED) is 0.771. The van der Waals surface area contributed by atoms with Crippen molar-refractivity contribution in [2.24, 2.45) is 0 Å². The first-order valence-electron chi connectivity index (χ1n) is 4.47. The van der Waals surface area contributed by atoms with E-state index in [1.165, 1.54) is 11.1 Å². The van der Waals surface area contributed by atoms with Gasteiger partial charge in [-0.1, -0.05) is 6.07 Å². The highest BCUT2D eigenvalue weighted by atomic mass is 16.5. The van der Waals surface area contributed by atoms with E-state index in [1.807, 2.05) is 32.9 Å². The van der Waals surface area contributed by atoms with Crippen molar-refractivity contribution in [3.8, 4) is 5.75 Å². The van der Waals surface area contributed by atoms with E-state index in [0.29, 0.717) is 0 Å². The van der Waals surface area contributed by atoms with E-state index >= 15 is 0 Å². The van der Waals surface area contributed by atoms with E-state index in [-0.39, 0.29) is 12.7 Å². The largest absolute Gasteiger partial charge is 0.488 e. The van der Waals surface area contributed by atoms with Gasteiger partial charge in [0.25, 0.3) is 0 Å². The molecule has 0 aromatic heterocycles. The normalized spacial score (nSPS) is 12.6. The molecule has 0 fully saturated rings. The zero-order chi connectivity index (χ0) is 9.84. The zero-order valence-electron chi connectivity index (χ0n) is 8.37. The van der Waals surface area contributed by atoms with Gasteiger partial charge in [0, 0.05) is 0 Å². The molecule has 1 aromatic carbocycles. The maximum absolute atomic E-state index is 8.81. The van der Waals surface area contributed by atoms with Gasteiger partial charge in [-0.2, -0.15) is 0 Å². The van der Waals surface area contributed by atoms with Crippen LogP contribution >= 0.6 is 0 Å². The van der Waals surface area contributed by atoms with Gasteiger partial charge in [-0.05, 0) is 44.0 Å². The smallest absolute Gasteiger partial charge is 0.120 e. The van der Waals surface area contributed by atoms with Gasteiger partial charge in [0.15, 0.2) is 0 Å². The summed E-state index contributed by atoms with van der Waals surface area (Å²) < 4.78 is 5.48. The highest BCUT2D eigenvalue weighted by Crippen LogP contribution is 2.17. The molecule has 0 saturated carbocycles. The third-order valence-corrected chi connectivity index (χ3v) is 1.79. The third-order valence-electron chi connectivity index (χ3n) is 1.79. The first-order valence-corrected chi connectivity index (χ1v) is 4.47. The van der Waals surface area contributed by atoms with Crippen LogP contribution in [0.1, 0.15) is 18.1 Å². The Morgan fingerprint density at radius 3 is 2.23 bits per heavy atom. The summed E-state index contributed by atoms with van der Waals surface area (Å²) in [6, 6.07) is 6.04. The molecule has 2 nitrogen and oxygen atoms in total. The van der Waals surface area contributed by atoms with Crippen molar-refractivity contribution in [1.82, 2.24) is 0 Å². The molecule has 0 radical (unpaired) electrons. The molecule has 0 aliphatic heterocycles. The molecule has 0 unspecified atom stereocenters. The molecule has 1 N–H and O–H groups in total. The summed E-state index contributed by atoms with van der Waals surface area (Å²) in [5.41, 5.74) is 2.36. The Morgan fingerprint density at radius 2 is 1.77 bits per heavy atom. The number of benzene rings is 1. The number of aliphatic hydroxyl groups excluding tert-OH is 1. The number of hydrogen-bond donors (Lipinski definition) is 1. The summed E-state index contributed by atoms with van der Waals surface area (Å²) in [4.78, 5) is 0. The van der Waals surface area contributed by atoms with Crippen LogP contribution in [0.4, 0.5) is 0 Å². The first kappa shape index (κ1) is 10.1. The van der Waals surface area contributed by atoms with Crippen molar-refractivity contribution >= 4 is 0 Å². The van der Waals surface area contributed by atoms with Gasteiger partial charge in [-0.25, -0.2) is 0 Å². The highest BCUT2D eigenvalue weighted by molar-refractivity contribution is 5.33. The Bertz CT molecular complexity index is 261. The van der Waals surface area contributed by atoms with Crippen LogP contribution in [0, 0.1) is 13.8 Å². The van der Waals surface area contributed by atoms with E-state index in [4.69, 9.17) is 9.84 Å². The molecule has 0 aliphatic rings. The predicted octanol–water partition coefficient (Wildman–Crippen LogP) is 2.06. The van der Waals surface area contributed by atoms with Crippen molar-refractivity contribution in [2.75, 3.05) is 6.61 Å². The van der Waals surface area contributed by atoms with Crippen LogP contribution in [-0.2, 0) is 0 Å². The maximum Gasteiger partial charge on any atom is 0.120 e. The van der Waals surface area contributed by atoms with Gasteiger partial charge in [0.2, 0.25) is 0 Å². The molecule has 1 atom stereocenters. The molecule has 13 heavy (non-hydrogen) atoms. The number of aryl methyl sites for hydroxylation is 2. The van der Waals surface area contributed by atoms with Crippen molar-refractivity contribution in [2.45, 2.75) is 26.9 Å². The molecule has 2 heteroatoms. The number of ether oxygens (including phenoxy) is 1. The summed E-state index contributed by atoms with van der Waals surface area (Å²) in [6.45, 7) is 5.96. The molecule has 0 heterocycles. The molecule has 0 bridgehead atoms. The molecular formula is C11H16O2. The van der Waals surface area contributed by atoms with Crippen LogP contribution in [0.5, 0.6) is 5.75 Å². The minimum atomic E-state index is -0.138. The third kappa shape index (κ3) is 3.07. The van der Waals surface area contributed by atoms with Crippen LogP contribution in [0.25, 0.3) is 0 Å². The van der Waals surface area contributed by atoms with E-state index in [9.17, 15) is 0 Å². The Kier molecular flexibility index (Phi) is 3.32. The average molecular weight is 180 g/mol. The van der Waals surface area contributed by atoms with Crippen LogP contribution in [0.2, 0.25) is 0 Å². The molecule has 1 rings (SSSR count). The summed E-state index contributed by atoms with van der Waals surface area (Å²) in [5.74, 6) is 0.832. The SMILES string of the molecule is Cc1cc(C)cc(O[C@H](C)CO)c1. The van der Waals surface area contributed by atoms with Crippen LogP contribution < -0.4 is 4.74 Å². The zero-order valence-corrected chi connectivity index (χ0v) is 8.37. The van der Waals surface area contributed by atoms with Gasteiger partial charge in [-0.15, -0.1) is 0 Å². The van der Waals surface area contributed by atoms with Gasteiger partial charge < -0.3 is 9.84 Å². The Morgan fingerprint density at radius 1 is 1.23 bits per heavy atom. The topological polar surface area (TPSA) is 29.5 Å². The lowest BCUT2D eigenvalue weighted by Gasteiger charge is -2.12. The monoisotopic (exact) mass is 180 g/mol. The highest BCUT2D eigenvalue weighted by Gasteiger charge is 2.02. The van der Waals surface area contributed by atoms with Crippen molar-refractivity contribution < 1.29 is 9.84 Å². The summed E-state index contributed by atoms with van der Waals surface area (Å²) in [5, 5.41) is 8.81. The number of rotatable bonds is 3.